The summed E-state index contributed by atoms with van der Waals surface area (Å²) in [6.07, 6.45) is 1.57. The molecule has 1 aliphatic rings. The number of aliphatic carboxylic acids is 1. The van der Waals surface area contributed by atoms with Crippen LogP contribution in [0.4, 0.5) is 5.69 Å². The normalized spacial score (nSPS) is 19.3. The first-order chi connectivity index (χ1) is 8.70. The highest BCUT2D eigenvalue weighted by Crippen LogP contribution is 2.21. The Balaban J connectivity index is 2.22. The molecule has 18 heavy (non-hydrogen) atoms. The van der Waals surface area contributed by atoms with Crippen LogP contribution in [0.1, 0.15) is 12.1 Å². The summed E-state index contributed by atoms with van der Waals surface area (Å²) in [6, 6.07) is 5.22. The average Bonchev–Trinajstić information content (AvgIpc) is 2.39. The van der Waals surface area contributed by atoms with E-state index in [2.05, 4.69) is 4.98 Å². The molecule has 0 bridgehead atoms. The van der Waals surface area contributed by atoms with Gasteiger partial charge in [0.05, 0.1) is 25.7 Å². The summed E-state index contributed by atoms with van der Waals surface area (Å²) in [5.74, 6) is -0.856. The Labute approximate surface area is 104 Å². The quantitative estimate of drug-likeness (QED) is 0.843. The number of morpholine rings is 1. The molecule has 0 aromatic carbocycles. The highest BCUT2D eigenvalue weighted by Gasteiger charge is 2.25. The topological polar surface area (TPSA) is 86.5 Å². The minimum atomic E-state index is -0.856. The van der Waals surface area contributed by atoms with Crippen LogP contribution >= 0.6 is 0 Å². The molecule has 6 heteroatoms. The van der Waals surface area contributed by atoms with Gasteiger partial charge in [-0.3, -0.25) is 4.79 Å². The molecule has 2 rings (SSSR count). The molecule has 1 N–H and O–H groups in total. The van der Waals surface area contributed by atoms with Crippen molar-refractivity contribution in [3.8, 4) is 6.07 Å². The Kier molecular flexibility index (Phi) is 3.75. The molecule has 94 valence electrons. The Morgan fingerprint density at radius 1 is 1.72 bits per heavy atom. The van der Waals surface area contributed by atoms with Crippen molar-refractivity contribution in [1.82, 2.24) is 4.98 Å². The van der Waals surface area contributed by atoms with Gasteiger partial charge in [-0.2, -0.15) is 5.26 Å². The minimum absolute atomic E-state index is 0.0181. The van der Waals surface area contributed by atoms with Gasteiger partial charge in [0.1, 0.15) is 11.8 Å². The maximum atomic E-state index is 10.8. The molecule has 0 radical (unpaired) electrons. The van der Waals surface area contributed by atoms with Gasteiger partial charge in [-0.15, -0.1) is 0 Å². The number of carboxylic acids is 1. The second kappa shape index (κ2) is 5.47. The summed E-state index contributed by atoms with van der Waals surface area (Å²) in [5, 5.41) is 17.7. The van der Waals surface area contributed by atoms with E-state index in [0.29, 0.717) is 25.5 Å². The van der Waals surface area contributed by atoms with Gasteiger partial charge < -0.3 is 14.7 Å². The first kappa shape index (κ1) is 12.3. The van der Waals surface area contributed by atoms with Crippen LogP contribution in [-0.4, -0.2) is 41.9 Å². The van der Waals surface area contributed by atoms with E-state index >= 15 is 0 Å². The summed E-state index contributed by atoms with van der Waals surface area (Å²) < 4.78 is 5.31. The lowest BCUT2D eigenvalue weighted by Gasteiger charge is -2.36. The maximum Gasteiger partial charge on any atom is 0.305 e. The molecule has 0 spiro atoms. The van der Waals surface area contributed by atoms with Crippen molar-refractivity contribution in [2.45, 2.75) is 12.5 Å². The third-order valence-corrected chi connectivity index (χ3v) is 2.83. The van der Waals surface area contributed by atoms with Crippen LogP contribution in [0.3, 0.4) is 0 Å². The van der Waals surface area contributed by atoms with E-state index in [1.54, 1.807) is 18.3 Å². The van der Waals surface area contributed by atoms with Gasteiger partial charge in [-0.05, 0) is 12.1 Å². The molecule has 0 saturated carbocycles. The fraction of sp³-hybridized carbons (Fsp3) is 0.417. The maximum absolute atomic E-state index is 10.8. The zero-order chi connectivity index (χ0) is 13.0. The number of aromatic nitrogens is 1. The molecule has 1 aromatic heterocycles. The molecule has 1 atom stereocenters. The number of nitrogens with zero attached hydrogens (tertiary/aromatic N) is 3. The molecule has 1 saturated heterocycles. The minimum Gasteiger partial charge on any atom is -0.481 e. The van der Waals surface area contributed by atoms with Crippen LogP contribution in [0.5, 0.6) is 0 Å². The van der Waals surface area contributed by atoms with Crippen molar-refractivity contribution in [2.24, 2.45) is 0 Å². The van der Waals surface area contributed by atoms with E-state index < -0.39 is 5.97 Å². The number of pyridine rings is 1. The average molecular weight is 247 g/mol. The second-order valence-electron chi connectivity index (χ2n) is 4.03. The molecule has 1 unspecified atom stereocenters. The van der Waals surface area contributed by atoms with Gasteiger partial charge in [-0.25, -0.2) is 4.98 Å². The number of hydrogen-bond donors (Lipinski definition) is 1. The summed E-state index contributed by atoms with van der Waals surface area (Å²) in [5.41, 5.74) is 1.14. The first-order valence-electron chi connectivity index (χ1n) is 5.63. The summed E-state index contributed by atoms with van der Waals surface area (Å²) in [6.45, 7) is 1.56. The van der Waals surface area contributed by atoms with Crippen LogP contribution in [0.2, 0.25) is 0 Å². The van der Waals surface area contributed by atoms with E-state index in [4.69, 9.17) is 15.1 Å². The van der Waals surface area contributed by atoms with Crippen molar-refractivity contribution >= 4 is 11.7 Å². The van der Waals surface area contributed by atoms with Crippen molar-refractivity contribution in [3.63, 3.8) is 0 Å². The standard InChI is InChI=1S/C12H13N3O3/c13-7-9-5-10(1-2-14-9)15-3-4-18-8-11(15)6-12(16)17/h1-2,5,11H,3-4,6,8H2,(H,16,17). The van der Waals surface area contributed by atoms with Crippen LogP contribution < -0.4 is 4.90 Å². The molecule has 6 nitrogen and oxygen atoms in total. The van der Waals surface area contributed by atoms with Crippen LogP contribution in [0.25, 0.3) is 0 Å². The number of nitriles is 1. The van der Waals surface area contributed by atoms with E-state index in [0.717, 1.165) is 5.69 Å². The predicted molar refractivity (Wildman–Crippen MR) is 63.2 cm³/mol. The van der Waals surface area contributed by atoms with Gasteiger partial charge >= 0.3 is 5.97 Å². The van der Waals surface area contributed by atoms with Crippen LogP contribution in [-0.2, 0) is 9.53 Å². The fourth-order valence-corrected chi connectivity index (χ4v) is 2.02. The zero-order valence-electron chi connectivity index (χ0n) is 9.74. The molecule has 0 aliphatic carbocycles. The SMILES string of the molecule is N#Cc1cc(N2CCOCC2CC(=O)O)ccn1. The number of carbonyl (C=O) groups is 1. The van der Waals surface area contributed by atoms with Gasteiger partial charge in [0, 0.05) is 18.4 Å². The van der Waals surface area contributed by atoms with Crippen molar-refractivity contribution < 1.29 is 14.6 Å². The molecule has 2 heterocycles. The number of carboxylic acid groups (broad SMARTS) is 1. The van der Waals surface area contributed by atoms with Crippen molar-refractivity contribution in [3.05, 3.63) is 24.0 Å². The van der Waals surface area contributed by atoms with E-state index in [1.807, 2.05) is 11.0 Å². The lowest BCUT2D eigenvalue weighted by Crippen LogP contribution is -2.46. The number of rotatable bonds is 3. The molecule has 1 aromatic rings. The van der Waals surface area contributed by atoms with Gasteiger partial charge in [0.2, 0.25) is 0 Å². The predicted octanol–water partition coefficient (Wildman–Crippen LogP) is 0.633. The highest BCUT2D eigenvalue weighted by molar-refractivity contribution is 5.68. The Morgan fingerprint density at radius 3 is 3.28 bits per heavy atom. The molecular formula is C12H13N3O3. The Morgan fingerprint density at radius 2 is 2.56 bits per heavy atom. The van der Waals surface area contributed by atoms with Crippen LogP contribution in [0.15, 0.2) is 18.3 Å². The lowest BCUT2D eigenvalue weighted by atomic mass is 10.1. The molecule has 1 aliphatic heterocycles. The summed E-state index contributed by atoms with van der Waals surface area (Å²) >= 11 is 0. The van der Waals surface area contributed by atoms with Gasteiger partial charge in [0.25, 0.3) is 0 Å². The second-order valence-corrected chi connectivity index (χ2v) is 4.03. The van der Waals surface area contributed by atoms with Crippen LogP contribution in [0, 0.1) is 11.3 Å². The smallest absolute Gasteiger partial charge is 0.305 e. The third-order valence-electron chi connectivity index (χ3n) is 2.83. The van der Waals surface area contributed by atoms with E-state index in [1.165, 1.54) is 0 Å². The summed E-state index contributed by atoms with van der Waals surface area (Å²) in [7, 11) is 0. The van der Waals surface area contributed by atoms with Crippen molar-refractivity contribution in [1.29, 1.82) is 5.26 Å². The lowest BCUT2D eigenvalue weighted by molar-refractivity contribution is -0.138. The van der Waals surface area contributed by atoms with Gasteiger partial charge in [0.15, 0.2) is 0 Å². The molecular weight excluding hydrogens is 234 g/mol. The molecule has 1 fully saturated rings. The fourth-order valence-electron chi connectivity index (χ4n) is 2.02. The van der Waals surface area contributed by atoms with Gasteiger partial charge in [-0.1, -0.05) is 0 Å². The van der Waals surface area contributed by atoms with E-state index in [9.17, 15) is 4.79 Å². The summed E-state index contributed by atoms with van der Waals surface area (Å²) in [4.78, 5) is 16.7. The highest BCUT2D eigenvalue weighted by atomic mass is 16.5. The van der Waals surface area contributed by atoms with E-state index in [-0.39, 0.29) is 12.5 Å². The van der Waals surface area contributed by atoms with Crippen molar-refractivity contribution in [2.75, 3.05) is 24.7 Å². The number of ether oxygens (including phenoxy) is 1. The molecule has 0 amide bonds. The Bertz CT molecular complexity index is 484. The largest absolute Gasteiger partial charge is 0.481 e. The third kappa shape index (κ3) is 2.76. The number of hydrogen-bond acceptors (Lipinski definition) is 5. The Hall–Kier alpha value is -2.13. The number of anilines is 1. The zero-order valence-corrected chi connectivity index (χ0v) is 9.74. The monoisotopic (exact) mass is 247 g/mol. The first-order valence-corrected chi connectivity index (χ1v) is 5.63.